The molecule has 0 spiro atoms. The maximum absolute atomic E-state index is 2.39. The van der Waals surface area contributed by atoms with Crippen molar-refractivity contribution in [3.05, 3.63) is 0 Å². The lowest BCUT2D eigenvalue weighted by Gasteiger charge is -2.37. The molecule has 3 unspecified atom stereocenters. The molecule has 0 nitrogen and oxygen atoms in total. The minimum absolute atomic E-state index is 0.694. The fourth-order valence-electron chi connectivity index (χ4n) is 14.2. The van der Waals surface area contributed by atoms with E-state index in [1.54, 1.807) is 0 Å². The topological polar surface area (TPSA) is 0 Å². The third kappa shape index (κ3) is 36.4. The Morgan fingerprint density at radius 3 is 0.896 bits per heavy atom. The maximum Gasteiger partial charge on any atom is -0.0328 e. The second kappa shape index (κ2) is 43.6. The summed E-state index contributed by atoms with van der Waals surface area (Å²) in [5, 5.41) is 0. The van der Waals surface area contributed by atoms with Gasteiger partial charge < -0.3 is 0 Å². The molecule has 0 N–H and O–H groups in total. The van der Waals surface area contributed by atoms with E-state index in [0.717, 1.165) is 87.8 Å². The van der Waals surface area contributed by atoms with Crippen molar-refractivity contribution in [2.45, 2.75) is 401 Å². The van der Waals surface area contributed by atoms with Crippen molar-refractivity contribution >= 4 is 0 Å². The van der Waals surface area contributed by atoms with E-state index < -0.39 is 0 Å². The smallest absolute Gasteiger partial charge is 0.0328 e. The van der Waals surface area contributed by atoms with Gasteiger partial charge in [0.05, 0.1) is 0 Å². The number of hydrogen-bond donors (Lipinski definition) is 0. The van der Waals surface area contributed by atoms with Crippen LogP contribution in [0.4, 0.5) is 0 Å². The molecule has 0 saturated heterocycles. The Kier molecular flexibility index (Phi) is 42.5. The van der Waals surface area contributed by atoms with Crippen molar-refractivity contribution in [2.75, 3.05) is 0 Å². The predicted octanol–water partition coefficient (Wildman–Crippen LogP) is 27.7. The van der Waals surface area contributed by atoms with Crippen LogP contribution >= 0.6 is 0 Å². The van der Waals surface area contributed by atoms with Crippen LogP contribution in [-0.2, 0) is 0 Å². The fourth-order valence-corrected chi connectivity index (χ4v) is 14.2. The maximum atomic E-state index is 2.39. The first-order valence-corrected chi connectivity index (χ1v) is 36.6. The van der Waals surface area contributed by atoms with Crippen LogP contribution in [0, 0.1) is 93.2 Å². The average molecular weight is 1080 g/mol. The molecule has 462 valence electrons. The minimum atomic E-state index is 0.694. The highest BCUT2D eigenvalue weighted by molar-refractivity contribution is 4.82. The SMILES string of the molecule is CC(C)C1CCC1.CC1(C)CCCC1.CC1CCCCC1.CC1CCC[C@H]1C.CC1CC[C@@H](C)C1.CCC1(C)CCC1.CCC1(C)CCC1.CCC1CC(C)C1.CCC1CCCC1.CCC1CC[C@@H]1C.CCCC1CCC1. The molecule has 0 aliphatic heterocycles. The highest BCUT2D eigenvalue weighted by atomic mass is 14.4. The molecule has 6 atom stereocenters. The van der Waals surface area contributed by atoms with Crippen molar-refractivity contribution in [2.24, 2.45) is 93.2 Å². The summed E-state index contributed by atoms with van der Waals surface area (Å²) >= 11 is 0. The van der Waals surface area contributed by atoms with Gasteiger partial charge in [-0.25, -0.2) is 0 Å². The molecular weight excluding hydrogens is 925 g/mol. The van der Waals surface area contributed by atoms with Crippen LogP contribution in [0.5, 0.6) is 0 Å². The summed E-state index contributed by atoms with van der Waals surface area (Å²) in [6.07, 6.45) is 61.9. The molecule has 0 aromatic carbocycles. The molecule has 11 aliphatic rings. The van der Waals surface area contributed by atoms with Crippen LogP contribution in [-0.4, -0.2) is 0 Å². The number of hydrogen-bond acceptors (Lipinski definition) is 0. The second-order valence-electron chi connectivity index (χ2n) is 31.7. The second-order valence-corrected chi connectivity index (χ2v) is 31.7. The molecule has 0 aromatic heterocycles. The highest BCUT2D eigenvalue weighted by Gasteiger charge is 2.30. The van der Waals surface area contributed by atoms with Crippen molar-refractivity contribution in [3.8, 4) is 0 Å². The van der Waals surface area contributed by atoms with Gasteiger partial charge in [0.2, 0.25) is 0 Å². The Morgan fingerprint density at radius 1 is 0.338 bits per heavy atom. The van der Waals surface area contributed by atoms with E-state index in [1.165, 1.54) is 270 Å². The van der Waals surface area contributed by atoms with Crippen LogP contribution in [0.1, 0.15) is 401 Å². The molecule has 0 heteroatoms. The molecular formula is C77H154. The monoisotopic (exact) mass is 1080 g/mol. The molecule has 0 aromatic rings. The number of rotatable bonds is 8. The third-order valence-corrected chi connectivity index (χ3v) is 23.4. The summed E-state index contributed by atoms with van der Waals surface area (Å²) in [6, 6.07) is 0. The van der Waals surface area contributed by atoms with Gasteiger partial charge in [-0.3, -0.25) is 0 Å². The van der Waals surface area contributed by atoms with Gasteiger partial charge in [-0.1, -0.05) is 337 Å². The highest BCUT2D eigenvalue weighted by Crippen LogP contribution is 2.44. The summed E-state index contributed by atoms with van der Waals surface area (Å²) < 4.78 is 0. The lowest BCUT2D eigenvalue weighted by atomic mass is 9.69. The first kappa shape index (κ1) is 75.0. The summed E-state index contributed by atoms with van der Waals surface area (Å²) in [5.74, 6) is 13.6. The van der Waals surface area contributed by atoms with Crippen LogP contribution in [0.3, 0.4) is 0 Å². The van der Waals surface area contributed by atoms with E-state index in [4.69, 9.17) is 0 Å². The van der Waals surface area contributed by atoms with E-state index >= 15 is 0 Å². The Balaban J connectivity index is 0.000000423. The predicted molar refractivity (Wildman–Crippen MR) is 354 cm³/mol. The van der Waals surface area contributed by atoms with Gasteiger partial charge in [-0.2, -0.15) is 0 Å². The van der Waals surface area contributed by atoms with Crippen LogP contribution in [0.15, 0.2) is 0 Å². The van der Waals surface area contributed by atoms with Crippen molar-refractivity contribution < 1.29 is 0 Å². The minimum Gasteiger partial charge on any atom is -0.0654 e. The van der Waals surface area contributed by atoms with Crippen LogP contribution in [0.2, 0.25) is 0 Å². The van der Waals surface area contributed by atoms with E-state index in [0.29, 0.717) is 5.41 Å². The van der Waals surface area contributed by atoms with Crippen molar-refractivity contribution in [3.63, 3.8) is 0 Å². The zero-order valence-electron chi connectivity index (χ0n) is 57.7. The molecule has 0 amide bonds. The third-order valence-electron chi connectivity index (χ3n) is 23.4. The first-order valence-electron chi connectivity index (χ1n) is 36.6. The van der Waals surface area contributed by atoms with Gasteiger partial charge in [0, 0.05) is 0 Å². The average Bonchev–Trinajstić information content (AvgIpc) is 4.19. The lowest BCUT2D eigenvalue weighted by Crippen LogP contribution is -2.23. The van der Waals surface area contributed by atoms with Gasteiger partial charge in [0.1, 0.15) is 0 Å². The Morgan fingerprint density at radius 2 is 0.779 bits per heavy atom. The van der Waals surface area contributed by atoms with Crippen molar-refractivity contribution in [1.82, 2.24) is 0 Å². The Bertz CT molecular complexity index is 1190. The first-order chi connectivity index (χ1) is 36.6. The zero-order chi connectivity index (χ0) is 57.7. The molecule has 77 heavy (non-hydrogen) atoms. The van der Waals surface area contributed by atoms with Gasteiger partial charge in [-0.15, -0.1) is 0 Å². The molecule has 0 radical (unpaired) electrons. The molecule has 11 aliphatic carbocycles. The fraction of sp³-hybridized carbons (Fsp3) is 1.00. The molecule has 0 heterocycles. The van der Waals surface area contributed by atoms with E-state index in [2.05, 4.69) is 132 Å². The van der Waals surface area contributed by atoms with E-state index in [-0.39, 0.29) is 0 Å². The Labute approximate surface area is 491 Å². The lowest BCUT2D eigenvalue weighted by molar-refractivity contribution is 0.155. The molecule has 11 rings (SSSR count). The van der Waals surface area contributed by atoms with Crippen LogP contribution < -0.4 is 0 Å². The molecule has 11 saturated carbocycles. The standard InChI is InChI=1S/11C7H14/c1-6-3-4-7(2)5-6;1-7(2)5-3-4-6-7;1-6-4-3-5-7(6)2;1-6(2)7-4-3-5-7;1-7-5-3-2-4-6-7;1-3-7-4-6(2)5-7;2*1-3-7(2)5-4-6-7;1-3-7-5-4-6(7)2;1-2-7-5-3-4-6-7;1-2-4-7-5-3-6-7/h6-7H,3-5H2,1-2H3;3-6H2,1-2H3;2*6-7H,3-5H2,1-2H3;7H,2-6H2,1H3;6-7H,3-5H2,1-2H3;2*3-6H2,1-2H3;6-7H,3-5H2,1-2H3;2*7H,2-6H2,1H3/t6-,7?;;6-,7?;;;;;;6-,7?;;/m1.1.....0../s1. The molecule has 11 fully saturated rings. The van der Waals surface area contributed by atoms with E-state index in [1.807, 2.05) is 0 Å². The van der Waals surface area contributed by atoms with Crippen molar-refractivity contribution in [1.29, 1.82) is 0 Å². The summed E-state index contributed by atoms with van der Waals surface area (Å²) in [5.41, 5.74) is 2.22. The van der Waals surface area contributed by atoms with Gasteiger partial charge in [-0.05, 0) is 157 Å². The van der Waals surface area contributed by atoms with Gasteiger partial charge in [0.15, 0.2) is 0 Å². The normalized spacial score (nSPS) is 30.9. The van der Waals surface area contributed by atoms with E-state index in [9.17, 15) is 0 Å². The van der Waals surface area contributed by atoms with Gasteiger partial charge >= 0.3 is 0 Å². The largest absolute Gasteiger partial charge is 0.0654 e. The summed E-state index contributed by atoms with van der Waals surface area (Å²) in [6.45, 7) is 44.4. The zero-order valence-corrected chi connectivity index (χ0v) is 57.7. The Hall–Kier alpha value is 0. The quantitative estimate of drug-likeness (QED) is 0.227. The van der Waals surface area contributed by atoms with Gasteiger partial charge in [0.25, 0.3) is 0 Å². The van der Waals surface area contributed by atoms with Crippen LogP contribution in [0.25, 0.3) is 0 Å². The summed E-state index contributed by atoms with van der Waals surface area (Å²) in [4.78, 5) is 0. The summed E-state index contributed by atoms with van der Waals surface area (Å²) in [7, 11) is 0. The molecule has 0 bridgehead atoms.